The van der Waals surface area contributed by atoms with Crippen molar-refractivity contribution in [2.75, 3.05) is 0 Å². The third kappa shape index (κ3) is 7.64. The Hall–Kier alpha value is 1.64. The average molecular weight is 358 g/mol. The molecule has 7 heavy (non-hydrogen) atoms. The third-order valence-electron chi connectivity index (χ3n) is 0.178. The van der Waals surface area contributed by atoms with Crippen molar-refractivity contribution in [1.82, 2.24) is 0 Å². The van der Waals surface area contributed by atoms with Crippen LogP contribution in [0.15, 0.2) is 8.06 Å². The summed E-state index contributed by atoms with van der Waals surface area (Å²) < 4.78 is 15.7. The maximum atomic E-state index is 8.79. The molecule has 0 rings (SSSR count). The summed E-state index contributed by atoms with van der Waals surface area (Å²) in [5.41, 5.74) is 0. The van der Waals surface area contributed by atoms with Gasteiger partial charge in [0.25, 0.3) is 0 Å². The van der Waals surface area contributed by atoms with Gasteiger partial charge in [0.15, 0.2) is 0 Å². The van der Waals surface area contributed by atoms with Gasteiger partial charge in [0, 0.05) is 0 Å². The van der Waals surface area contributed by atoms with Crippen molar-refractivity contribution >= 4 is 55.3 Å². The van der Waals surface area contributed by atoms with Crippen LogP contribution in [0.5, 0.6) is 0 Å². The van der Waals surface area contributed by atoms with E-state index in [0.29, 0.717) is 0 Å². The zero-order valence-corrected chi connectivity index (χ0v) is 10.9. The zero-order chi connectivity index (χ0) is 5.91. The van der Waals surface area contributed by atoms with Crippen LogP contribution in [0, 0.1) is 0 Å². The van der Waals surface area contributed by atoms with Gasteiger partial charge >= 0.3 is 67.5 Å². The van der Waals surface area contributed by atoms with Crippen LogP contribution in [0.2, 0.25) is 0 Å². The molecule has 0 aromatic heterocycles. The zero-order valence-electron chi connectivity index (χ0n) is 3.17. The summed E-state index contributed by atoms with van der Waals surface area (Å²) in [4.78, 5) is 0. The SMILES string of the molecule is O[AsH](Br)(Br)N=N[AsH2]. The van der Waals surface area contributed by atoms with Gasteiger partial charge in [-0.1, -0.05) is 0 Å². The van der Waals surface area contributed by atoms with E-state index in [1.807, 2.05) is 0 Å². The Balaban J connectivity index is 3.56. The molecule has 1 N–H and O–H groups in total. The molecular weight excluding hydrogens is 354 g/mol. The maximum absolute atomic E-state index is 8.79. The van der Waals surface area contributed by atoms with Crippen LogP contribution in [-0.4, -0.2) is 31.6 Å². The summed E-state index contributed by atoms with van der Waals surface area (Å²) >= 11 is 7.02. The van der Waals surface area contributed by atoms with Crippen LogP contribution >= 0.6 is 27.9 Å². The van der Waals surface area contributed by atoms with Gasteiger partial charge in [0.2, 0.25) is 0 Å². The van der Waals surface area contributed by atoms with E-state index in [1.165, 1.54) is 0 Å². The van der Waals surface area contributed by atoms with Crippen molar-refractivity contribution in [2.45, 2.75) is 0 Å². The molecule has 0 amide bonds. The van der Waals surface area contributed by atoms with E-state index >= 15 is 0 Å². The molecule has 0 fully saturated rings. The second-order valence-corrected chi connectivity index (χ2v) is 20.8. The Kier molecular flexibility index (Phi) is 4.47. The normalized spacial score (nSPS) is 15.4. The molecule has 0 saturated carbocycles. The first kappa shape index (κ1) is 8.64. The number of hydrogen-bond acceptors (Lipinski definition) is 3. The first-order valence-electron chi connectivity index (χ1n) is 1.28. The topological polar surface area (TPSA) is 45.0 Å². The molecule has 0 aliphatic heterocycles. The van der Waals surface area contributed by atoms with Crippen LogP contribution in [0.25, 0.3) is 0 Å². The van der Waals surface area contributed by atoms with E-state index in [4.69, 9.17) is 4.10 Å². The molecule has 0 spiro atoms. The van der Waals surface area contributed by atoms with Crippen LogP contribution < -0.4 is 0 Å². The van der Waals surface area contributed by atoms with E-state index in [1.54, 1.807) is 0 Å². The van der Waals surface area contributed by atoms with Gasteiger partial charge < -0.3 is 0 Å². The van der Waals surface area contributed by atoms with Crippen LogP contribution in [0.3, 0.4) is 0 Å². The second kappa shape index (κ2) is 3.62. The minimum atomic E-state index is -2.98. The van der Waals surface area contributed by atoms with Crippen molar-refractivity contribution in [1.29, 1.82) is 0 Å². The van der Waals surface area contributed by atoms with Gasteiger partial charge in [-0.15, -0.1) is 0 Å². The Morgan fingerprint density at radius 3 is 2.00 bits per heavy atom. The number of rotatable bonds is 1. The molecule has 0 radical (unpaired) electrons. The summed E-state index contributed by atoms with van der Waals surface area (Å²) in [5.74, 6) is 0. The molecule has 7 heteroatoms. The number of hydrogen-bond donors (Lipinski definition) is 1. The summed E-state index contributed by atoms with van der Waals surface area (Å²) in [6, 6.07) is 0. The fraction of sp³-hybridized carbons (Fsp3) is 0. The quantitative estimate of drug-likeness (QED) is 0.518. The molecule has 44 valence electrons. The fourth-order valence-electron chi connectivity index (χ4n) is 0.0695. The van der Waals surface area contributed by atoms with Crippen molar-refractivity contribution in [3.05, 3.63) is 0 Å². The molecule has 0 aliphatic carbocycles. The van der Waals surface area contributed by atoms with Gasteiger partial charge in [-0.3, -0.25) is 0 Å². The summed E-state index contributed by atoms with van der Waals surface area (Å²) in [7, 11) is -2.98. The van der Waals surface area contributed by atoms with Gasteiger partial charge in [-0.25, -0.2) is 0 Å². The molecule has 1 atom stereocenters. The van der Waals surface area contributed by atoms with Crippen LogP contribution in [-0.2, 0) is 0 Å². The molecule has 0 saturated heterocycles. The third-order valence-corrected chi connectivity index (χ3v) is 3.83. The first-order valence-corrected chi connectivity index (χ1v) is 14.1. The Labute approximate surface area is 66.9 Å². The first-order chi connectivity index (χ1) is 3.06. The summed E-state index contributed by atoms with van der Waals surface area (Å²) in [5, 5.41) is 0. The predicted molar refractivity (Wildman–Crippen MR) is 40.6 cm³/mol. The van der Waals surface area contributed by atoms with Crippen molar-refractivity contribution < 1.29 is 4.10 Å². The average Bonchev–Trinajstić information content (AvgIpc) is 1.30. The molecular formula is H4As2Br2N2O. The van der Waals surface area contributed by atoms with Gasteiger partial charge in [0.05, 0.1) is 0 Å². The minimum absolute atomic E-state index is 1.13. The Morgan fingerprint density at radius 1 is 1.57 bits per heavy atom. The van der Waals surface area contributed by atoms with Gasteiger partial charge in [0.1, 0.15) is 0 Å². The molecule has 0 aliphatic rings. The molecule has 1 unspecified atom stereocenters. The standard InChI is InChI=1S/As2Br2H4N2O/c1-5-6-2(3,4)7/h2,7H,1H2. The Bertz CT molecular complexity index is 76.2. The van der Waals surface area contributed by atoms with E-state index < -0.39 is 10.4 Å². The molecule has 0 aromatic carbocycles. The van der Waals surface area contributed by atoms with Crippen molar-refractivity contribution in [3.8, 4) is 0 Å². The van der Waals surface area contributed by atoms with Crippen molar-refractivity contribution in [3.63, 3.8) is 0 Å². The van der Waals surface area contributed by atoms with E-state index in [0.717, 1.165) is 17.1 Å². The van der Waals surface area contributed by atoms with E-state index in [-0.39, 0.29) is 0 Å². The predicted octanol–water partition coefficient (Wildman–Crippen LogP) is -0.0633. The second-order valence-electron chi connectivity index (χ2n) is 0.725. The number of halogens is 2. The summed E-state index contributed by atoms with van der Waals surface area (Å²) in [6.07, 6.45) is 0. The Morgan fingerprint density at radius 2 is 2.00 bits per heavy atom. The number of nitrogens with zero attached hydrogens (tertiary/aromatic N) is 2. The van der Waals surface area contributed by atoms with E-state index in [2.05, 4.69) is 35.9 Å². The molecule has 0 aromatic rings. The summed E-state index contributed by atoms with van der Waals surface area (Å²) in [6.45, 7) is 0. The van der Waals surface area contributed by atoms with Crippen LogP contribution in [0.4, 0.5) is 0 Å². The van der Waals surface area contributed by atoms with Gasteiger partial charge in [-0.05, 0) is 0 Å². The van der Waals surface area contributed by atoms with Crippen LogP contribution in [0.1, 0.15) is 0 Å². The van der Waals surface area contributed by atoms with Crippen molar-refractivity contribution in [2.24, 2.45) is 8.06 Å². The fourth-order valence-corrected chi connectivity index (χ4v) is 6.82. The molecule has 0 heterocycles. The molecule has 0 bridgehead atoms. The molecule has 3 nitrogen and oxygen atoms in total. The monoisotopic (exact) mass is 356 g/mol. The van der Waals surface area contributed by atoms with E-state index in [9.17, 15) is 0 Å². The van der Waals surface area contributed by atoms with Gasteiger partial charge in [-0.2, -0.15) is 0 Å².